The summed E-state index contributed by atoms with van der Waals surface area (Å²) in [5.41, 5.74) is 2.73. The number of anilines is 1. The van der Waals surface area contributed by atoms with E-state index in [9.17, 15) is 9.59 Å². The fourth-order valence-corrected chi connectivity index (χ4v) is 3.88. The van der Waals surface area contributed by atoms with Gasteiger partial charge >= 0.3 is 0 Å². The lowest BCUT2D eigenvalue weighted by molar-refractivity contribution is -0.117. The third kappa shape index (κ3) is 3.90. The summed E-state index contributed by atoms with van der Waals surface area (Å²) in [6.45, 7) is 3.56. The van der Waals surface area contributed by atoms with Crippen LogP contribution < -0.4 is 4.90 Å². The van der Waals surface area contributed by atoms with Gasteiger partial charge in [-0.05, 0) is 61.9 Å². The van der Waals surface area contributed by atoms with E-state index in [2.05, 4.69) is 19.1 Å². The highest BCUT2D eigenvalue weighted by molar-refractivity contribution is 5.97. The number of benzene rings is 2. The monoisotopic (exact) mass is 362 g/mol. The highest BCUT2D eigenvalue weighted by atomic mass is 16.2. The first kappa shape index (κ1) is 17.8. The van der Waals surface area contributed by atoms with Gasteiger partial charge in [-0.2, -0.15) is 0 Å². The molecule has 0 N–H and O–H groups in total. The van der Waals surface area contributed by atoms with Crippen molar-refractivity contribution in [2.45, 2.75) is 45.2 Å². The van der Waals surface area contributed by atoms with Gasteiger partial charge in [0.2, 0.25) is 5.91 Å². The van der Waals surface area contributed by atoms with Gasteiger partial charge in [-0.1, -0.05) is 30.3 Å². The molecule has 2 amide bonds. The van der Waals surface area contributed by atoms with E-state index in [0.29, 0.717) is 24.4 Å². The van der Waals surface area contributed by atoms with Crippen molar-refractivity contribution in [2.75, 3.05) is 11.4 Å². The number of hydrogen-bond acceptors (Lipinski definition) is 2. The van der Waals surface area contributed by atoms with Crippen molar-refractivity contribution in [2.24, 2.45) is 5.92 Å². The van der Waals surface area contributed by atoms with Crippen molar-refractivity contribution in [3.8, 4) is 0 Å². The molecule has 4 heteroatoms. The molecule has 2 aromatic carbocycles. The van der Waals surface area contributed by atoms with Gasteiger partial charge in [0.05, 0.1) is 0 Å². The Kier molecular flexibility index (Phi) is 4.97. The van der Waals surface area contributed by atoms with Crippen molar-refractivity contribution in [3.05, 3.63) is 65.7 Å². The summed E-state index contributed by atoms with van der Waals surface area (Å²) in [6, 6.07) is 17.9. The van der Waals surface area contributed by atoms with Crippen LogP contribution in [0.5, 0.6) is 0 Å². The summed E-state index contributed by atoms with van der Waals surface area (Å²) in [6.07, 6.45) is 3.93. The Hall–Kier alpha value is -2.62. The molecule has 4 nitrogen and oxygen atoms in total. The summed E-state index contributed by atoms with van der Waals surface area (Å²) in [5.74, 6) is 0.846. The standard InChI is InChI=1S/C23H26N2O2/c1-17(19-9-10-19)25(16-18-6-3-2-4-7-18)23(27)20-11-13-21(14-12-20)24-15-5-8-22(24)26/h2-4,6-7,11-14,17,19H,5,8-10,15-16H2,1H3. The van der Waals surface area contributed by atoms with E-state index in [0.717, 1.165) is 24.2 Å². The van der Waals surface area contributed by atoms with Gasteiger partial charge < -0.3 is 9.80 Å². The minimum atomic E-state index is 0.0672. The average molecular weight is 362 g/mol. The summed E-state index contributed by atoms with van der Waals surface area (Å²) in [7, 11) is 0. The number of rotatable bonds is 6. The van der Waals surface area contributed by atoms with Crippen LogP contribution in [0.25, 0.3) is 0 Å². The molecule has 1 aliphatic carbocycles. The first-order chi connectivity index (χ1) is 13.1. The SMILES string of the molecule is CC(C1CC1)N(Cc1ccccc1)C(=O)c1ccc(N2CCCC2=O)cc1. The number of carbonyl (C=O) groups is 2. The van der Waals surface area contributed by atoms with Crippen molar-refractivity contribution in [1.82, 2.24) is 4.90 Å². The van der Waals surface area contributed by atoms with Crippen LogP contribution in [0.15, 0.2) is 54.6 Å². The zero-order valence-electron chi connectivity index (χ0n) is 15.8. The molecular formula is C23H26N2O2. The summed E-state index contributed by atoms with van der Waals surface area (Å²) >= 11 is 0. The van der Waals surface area contributed by atoms with Gasteiger partial charge in [0.1, 0.15) is 0 Å². The predicted octanol–water partition coefficient (Wildman–Crippen LogP) is 4.25. The lowest BCUT2D eigenvalue weighted by Gasteiger charge is -2.30. The van der Waals surface area contributed by atoms with Crippen molar-refractivity contribution >= 4 is 17.5 Å². The molecule has 1 heterocycles. The Labute approximate surface area is 160 Å². The fourth-order valence-electron chi connectivity index (χ4n) is 3.88. The van der Waals surface area contributed by atoms with Crippen LogP contribution in [-0.2, 0) is 11.3 Å². The molecule has 0 radical (unpaired) electrons. The molecule has 1 unspecified atom stereocenters. The van der Waals surface area contributed by atoms with Crippen molar-refractivity contribution in [1.29, 1.82) is 0 Å². The molecule has 2 fully saturated rings. The Morgan fingerprint density at radius 2 is 1.81 bits per heavy atom. The van der Waals surface area contributed by atoms with Crippen LogP contribution in [-0.4, -0.2) is 29.3 Å². The second-order valence-electron chi connectivity index (χ2n) is 7.69. The predicted molar refractivity (Wildman–Crippen MR) is 107 cm³/mol. The fraction of sp³-hybridized carbons (Fsp3) is 0.391. The zero-order valence-corrected chi connectivity index (χ0v) is 15.8. The maximum absolute atomic E-state index is 13.3. The Morgan fingerprint density at radius 3 is 2.41 bits per heavy atom. The van der Waals surface area contributed by atoms with E-state index < -0.39 is 0 Å². The molecule has 1 saturated carbocycles. The van der Waals surface area contributed by atoms with Crippen LogP contribution in [0.1, 0.15) is 48.5 Å². The van der Waals surface area contributed by atoms with Gasteiger partial charge in [-0.3, -0.25) is 9.59 Å². The number of nitrogens with zero attached hydrogens (tertiary/aromatic N) is 2. The first-order valence-corrected chi connectivity index (χ1v) is 9.89. The van der Waals surface area contributed by atoms with Gasteiger partial charge in [-0.25, -0.2) is 0 Å². The molecular weight excluding hydrogens is 336 g/mol. The van der Waals surface area contributed by atoms with E-state index in [1.165, 1.54) is 12.8 Å². The quantitative estimate of drug-likeness (QED) is 0.771. The number of amides is 2. The zero-order chi connectivity index (χ0) is 18.8. The van der Waals surface area contributed by atoms with Crippen LogP contribution >= 0.6 is 0 Å². The molecule has 2 aromatic rings. The molecule has 140 valence electrons. The molecule has 0 bridgehead atoms. The van der Waals surface area contributed by atoms with Crippen molar-refractivity contribution < 1.29 is 9.59 Å². The third-order valence-corrected chi connectivity index (χ3v) is 5.75. The van der Waals surface area contributed by atoms with E-state index in [1.54, 1.807) is 0 Å². The molecule has 27 heavy (non-hydrogen) atoms. The largest absolute Gasteiger partial charge is 0.331 e. The molecule has 0 spiro atoms. The van der Waals surface area contributed by atoms with Crippen molar-refractivity contribution in [3.63, 3.8) is 0 Å². The van der Waals surface area contributed by atoms with E-state index in [-0.39, 0.29) is 17.9 Å². The lowest BCUT2D eigenvalue weighted by atomic mass is 10.1. The second-order valence-corrected chi connectivity index (χ2v) is 7.69. The van der Waals surface area contributed by atoms with Crippen LogP contribution in [0, 0.1) is 5.92 Å². The van der Waals surface area contributed by atoms with E-state index in [1.807, 2.05) is 52.3 Å². The minimum absolute atomic E-state index is 0.0672. The van der Waals surface area contributed by atoms with E-state index in [4.69, 9.17) is 0 Å². The molecule has 1 saturated heterocycles. The number of carbonyl (C=O) groups excluding carboxylic acids is 2. The average Bonchev–Trinajstić information content (AvgIpc) is 3.47. The smallest absolute Gasteiger partial charge is 0.254 e. The third-order valence-electron chi connectivity index (χ3n) is 5.75. The summed E-state index contributed by atoms with van der Waals surface area (Å²) in [4.78, 5) is 29.0. The maximum atomic E-state index is 13.3. The summed E-state index contributed by atoms with van der Waals surface area (Å²) in [5, 5.41) is 0. The van der Waals surface area contributed by atoms with Gasteiger partial charge in [0, 0.05) is 36.8 Å². The Bertz CT molecular complexity index is 812. The summed E-state index contributed by atoms with van der Waals surface area (Å²) < 4.78 is 0. The molecule has 2 aliphatic rings. The van der Waals surface area contributed by atoms with Gasteiger partial charge in [0.25, 0.3) is 5.91 Å². The lowest BCUT2D eigenvalue weighted by Crippen LogP contribution is -2.39. The normalized spacial score (nSPS) is 17.8. The number of hydrogen-bond donors (Lipinski definition) is 0. The molecule has 0 aromatic heterocycles. The van der Waals surface area contributed by atoms with Crippen LogP contribution in [0.4, 0.5) is 5.69 Å². The highest BCUT2D eigenvalue weighted by Gasteiger charge is 2.34. The Balaban J connectivity index is 1.54. The molecule has 1 atom stereocenters. The molecule has 4 rings (SSSR count). The second kappa shape index (κ2) is 7.55. The van der Waals surface area contributed by atoms with Gasteiger partial charge in [0.15, 0.2) is 0 Å². The minimum Gasteiger partial charge on any atom is -0.331 e. The van der Waals surface area contributed by atoms with Crippen LogP contribution in [0.3, 0.4) is 0 Å². The van der Waals surface area contributed by atoms with Crippen LogP contribution in [0.2, 0.25) is 0 Å². The molecule has 1 aliphatic heterocycles. The van der Waals surface area contributed by atoms with Gasteiger partial charge in [-0.15, -0.1) is 0 Å². The topological polar surface area (TPSA) is 40.6 Å². The van der Waals surface area contributed by atoms with E-state index >= 15 is 0 Å². The maximum Gasteiger partial charge on any atom is 0.254 e. The highest BCUT2D eigenvalue weighted by Crippen LogP contribution is 2.36. The Morgan fingerprint density at radius 1 is 1.11 bits per heavy atom. The first-order valence-electron chi connectivity index (χ1n) is 9.89.